The molecule has 1 fully saturated rings. The summed E-state index contributed by atoms with van der Waals surface area (Å²) >= 11 is 0. The van der Waals surface area contributed by atoms with Crippen LogP contribution in [0.5, 0.6) is 5.75 Å². The Morgan fingerprint density at radius 2 is 1.90 bits per heavy atom. The second-order valence-corrected chi connectivity index (χ2v) is 7.69. The number of nitrogens with zero attached hydrogens (tertiary/aromatic N) is 3. The van der Waals surface area contributed by atoms with Crippen molar-refractivity contribution in [2.45, 2.75) is 32.5 Å². The second-order valence-electron chi connectivity index (χ2n) is 7.69. The van der Waals surface area contributed by atoms with Gasteiger partial charge in [-0.25, -0.2) is 4.39 Å². The molecule has 31 heavy (non-hydrogen) atoms. The van der Waals surface area contributed by atoms with E-state index >= 15 is 0 Å². The van der Waals surface area contributed by atoms with Crippen LogP contribution in [-0.2, 0) is 11.3 Å². The average Bonchev–Trinajstić information content (AvgIpc) is 2.75. The van der Waals surface area contributed by atoms with Gasteiger partial charge in [-0.3, -0.25) is 24.6 Å². The number of amides is 1. The summed E-state index contributed by atoms with van der Waals surface area (Å²) < 4.78 is 18.6. The van der Waals surface area contributed by atoms with Crippen molar-refractivity contribution in [1.82, 2.24) is 9.80 Å². The number of halogens is 1. The van der Waals surface area contributed by atoms with Gasteiger partial charge in [0.25, 0.3) is 11.6 Å². The van der Waals surface area contributed by atoms with E-state index in [0.29, 0.717) is 25.9 Å². The van der Waals surface area contributed by atoms with Gasteiger partial charge in [0.2, 0.25) is 0 Å². The molecular formula is C22H24FN3O5. The van der Waals surface area contributed by atoms with Gasteiger partial charge in [-0.2, -0.15) is 0 Å². The number of carbonyl (C=O) groups excluding carboxylic acids is 2. The van der Waals surface area contributed by atoms with Crippen LogP contribution in [0.1, 0.15) is 29.8 Å². The maximum absolute atomic E-state index is 13.1. The van der Waals surface area contributed by atoms with Crippen molar-refractivity contribution in [2.75, 3.05) is 19.7 Å². The van der Waals surface area contributed by atoms with Gasteiger partial charge in [-0.15, -0.1) is 0 Å². The zero-order valence-corrected chi connectivity index (χ0v) is 17.4. The normalized spacial score (nSPS) is 19.1. The fourth-order valence-electron chi connectivity index (χ4n) is 3.69. The number of aldehydes is 1. The number of ether oxygens (including phenoxy) is 1. The first-order chi connectivity index (χ1) is 14.8. The Labute approximate surface area is 179 Å². The van der Waals surface area contributed by atoms with Crippen molar-refractivity contribution in [3.8, 4) is 5.75 Å². The maximum Gasteiger partial charge on any atom is 0.270 e. The molecule has 3 rings (SSSR count). The predicted octanol–water partition coefficient (Wildman–Crippen LogP) is 3.05. The lowest BCUT2D eigenvalue weighted by Gasteiger charge is -2.44. The zero-order valence-electron chi connectivity index (χ0n) is 17.4. The quantitative estimate of drug-likeness (QED) is 0.382. The lowest BCUT2D eigenvalue weighted by Crippen LogP contribution is -2.58. The average molecular weight is 429 g/mol. The molecule has 1 saturated heterocycles. The summed E-state index contributed by atoms with van der Waals surface area (Å²) in [6, 6.07) is 10.1. The van der Waals surface area contributed by atoms with E-state index in [2.05, 4.69) is 4.90 Å². The molecular weight excluding hydrogens is 405 g/mol. The van der Waals surface area contributed by atoms with Crippen LogP contribution in [0.25, 0.3) is 0 Å². The van der Waals surface area contributed by atoms with E-state index in [1.807, 2.05) is 13.8 Å². The van der Waals surface area contributed by atoms with Gasteiger partial charge in [0.05, 0.1) is 10.5 Å². The van der Waals surface area contributed by atoms with Crippen LogP contribution in [0.4, 0.5) is 10.1 Å². The molecule has 0 aromatic heterocycles. The molecule has 0 radical (unpaired) electrons. The molecule has 1 heterocycles. The van der Waals surface area contributed by atoms with Crippen LogP contribution in [-0.4, -0.2) is 58.7 Å². The van der Waals surface area contributed by atoms with Crippen LogP contribution >= 0.6 is 0 Å². The van der Waals surface area contributed by atoms with Crippen molar-refractivity contribution >= 4 is 17.9 Å². The minimum Gasteiger partial charge on any atom is -0.483 e. The van der Waals surface area contributed by atoms with Crippen molar-refractivity contribution in [2.24, 2.45) is 0 Å². The number of piperazine rings is 1. The number of hydrogen-bond donors (Lipinski definition) is 0. The number of hydrogen-bond acceptors (Lipinski definition) is 6. The molecule has 0 saturated carbocycles. The SMILES string of the molecule is C[C@@H]1CN(C(=O)COc2ccc([N+](=O)[O-])cc2C=O)[C@@H](C)CN1Cc1ccc(F)cc1. The molecule has 1 aliphatic rings. The third-order valence-electron chi connectivity index (χ3n) is 5.42. The lowest BCUT2D eigenvalue weighted by molar-refractivity contribution is -0.384. The van der Waals surface area contributed by atoms with Gasteiger partial charge in [0.15, 0.2) is 12.9 Å². The highest BCUT2D eigenvalue weighted by Crippen LogP contribution is 2.23. The number of nitro groups is 1. The molecule has 164 valence electrons. The minimum atomic E-state index is -0.601. The van der Waals surface area contributed by atoms with Gasteiger partial charge in [0, 0.05) is 43.9 Å². The third kappa shape index (κ3) is 5.43. The van der Waals surface area contributed by atoms with Gasteiger partial charge in [-0.1, -0.05) is 12.1 Å². The molecule has 0 aliphatic carbocycles. The molecule has 8 nitrogen and oxygen atoms in total. The standard InChI is InChI=1S/C22H24FN3O5/c1-15-11-25(16(2)10-24(15)12-17-3-5-19(23)6-4-17)22(28)14-31-21-8-7-20(26(29)30)9-18(21)13-27/h3-9,13,15-16H,10-12,14H2,1-2H3/t15-,16+/m1/s1. The molecule has 1 amide bonds. The van der Waals surface area contributed by atoms with Gasteiger partial charge in [0.1, 0.15) is 11.6 Å². The van der Waals surface area contributed by atoms with Crippen LogP contribution in [0.3, 0.4) is 0 Å². The van der Waals surface area contributed by atoms with E-state index in [-0.39, 0.29) is 47.4 Å². The van der Waals surface area contributed by atoms with E-state index in [1.165, 1.54) is 24.3 Å². The van der Waals surface area contributed by atoms with Crippen LogP contribution < -0.4 is 4.74 Å². The Hall–Kier alpha value is -3.33. The summed E-state index contributed by atoms with van der Waals surface area (Å²) in [5.74, 6) is -0.369. The molecule has 0 bridgehead atoms. The molecule has 2 aromatic carbocycles. The molecule has 9 heteroatoms. The van der Waals surface area contributed by atoms with E-state index < -0.39 is 4.92 Å². The van der Waals surface area contributed by atoms with Crippen molar-refractivity contribution in [3.63, 3.8) is 0 Å². The van der Waals surface area contributed by atoms with Gasteiger partial charge >= 0.3 is 0 Å². The van der Waals surface area contributed by atoms with Crippen LogP contribution in [0.2, 0.25) is 0 Å². The fraction of sp³-hybridized carbons (Fsp3) is 0.364. The predicted molar refractivity (Wildman–Crippen MR) is 111 cm³/mol. The Bertz CT molecular complexity index is 966. The number of carbonyl (C=O) groups is 2. The smallest absolute Gasteiger partial charge is 0.270 e. The Balaban J connectivity index is 1.59. The van der Waals surface area contributed by atoms with Crippen molar-refractivity contribution in [1.29, 1.82) is 0 Å². The largest absolute Gasteiger partial charge is 0.483 e. The molecule has 0 N–H and O–H groups in total. The summed E-state index contributed by atoms with van der Waals surface area (Å²) in [5.41, 5.74) is 0.802. The summed E-state index contributed by atoms with van der Waals surface area (Å²) in [6.07, 6.45) is 0.464. The van der Waals surface area contributed by atoms with E-state index in [1.54, 1.807) is 17.0 Å². The van der Waals surface area contributed by atoms with E-state index in [0.717, 1.165) is 11.6 Å². The first kappa shape index (κ1) is 22.4. The number of nitro benzene ring substituents is 1. The molecule has 0 unspecified atom stereocenters. The van der Waals surface area contributed by atoms with Crippen LogP contribution in [0.15, 0.2) is 42.5 Å². The lowest BCUT2D eigenvalue weighted by atomic mass is 10.1. The summed E-state index contributed by atoms with van der Waals surface area (Å²) in [4.78, 5) is 38.2. The number of rotatable bonds is 7. The zero-order chi connectivity index (χ0) is 22.5. The third-order valence-corrected chi connectivity index (χ3v) is 5.42. The van der Waals surface area contributed by atoms with Gasteiger partial charge in [-0.05, 0) is 37.6 Å². The van der Waals surface area contributed by atoms with E-state index in [9.17, 15) is 24.1 Å². The molecule has 0 spiro atoms. The summed E-state index contributed by atoms with van der Waals surface area (Å²) in [7, 11) is 0. The highest BCUT2D eigenvalue weighted by atomic mass is 19.1. The van der Waals surface area contributed by atoms with Crippen LogP contribution in [0, 0.1) is 15.9 Å². The summed E-state index contributed by atoms with van der Waals surface area (Å²) in [6.45, 7) is 5.53. The topological polar surface area (TPSA) is 93.0 Å². The highest BCUT2D eigenvalue weighted by molar-refractivity contribution is 5.82. The number of non-ortho nitro benzene ring substituents is 1. The first-order valence-corrected chi connectivity index (χ1v) is 9.93. The molecule has 1 aliphatic heterocycles. The summed E-state index contributed by atoms with van der Waals surface area (Å²) in [5, 5.41) is 10.8. The van der Waals surface area contributed by atoms with Crippen molar-refractivity contribution < 1.29 is 23.6 Å². The van der Waals surface area contributed by atoms with Crippen molar-refractivity contribution in [3.05, 3.63) is 69.5 Å². The Morgan fingerprint density at radius 1 is 1.19 bits per heavy atom. The highest BCUT2D eigenvalue weighted by Gasteiger charge is 2.32. The second kappa shape index (κ2) is 9.65. The first-order valence-electron chi connectivity index (χ1n) is 9.93. The maximum atomic E-state index is 13.1. The van der Waals surface area contributed by atoms with E-state index in [4.69, 9.17) is 4.74 Å². The fourth-order valence-corrected chi connectivity index (χ4v) is 3.69. The van der Waals surface area contributed by atoms with Gasteiger partial charge < -0.3 is 9.64 Å². The Morgan fingerprint density at radius 3 is 2.55 bits per heavy atom. The Kier molecular flexibility index (Phi) is 6.96. The molecule has 2 aromatic rings. The monoisotopic (exact) mass is 429 g/mol. The minimum absolute atomic E-state index is 0.0209. The number of benzene rings is 2. The molecule has 2 atom stereocenters.